The molecule has 1 aliphatic heterocycles. The van der Waals surface area contributed by atoms with E-state index in [1.807, 2.05) is 30.3 Å². The molecular formula is C23H32IN5O. The Balaban J connectivity index is 0.00000320. The predicted octanol–water partition coefficient (Wildman–Crippen LogP) is 2.75. The van der Waals surface area contributed by atoms with E-state index in [1.54, 1.807) is 7.05 Å². The van der Waals surface area contributed by atoms with Crippen molar-refractivity contribution in [3.63, 3.8) is 0 Å². The average Bonchev–Trinajstić information content (AvgIpc) is 2.78. The van der Waals surface area contributed by atoms with Crippen LogP contribution in [0.4, 0.5) is 0 Å². The van der Waals surface area contributed by atoms with Crippen LogP contribution < -0.4 is 16.0 Å². The molecule has 1 saturated heterocycles. The van der Waals surface area contributed by atoms with Crippen molar-refractivity contribution in [1.82, 2.24) is 20.9 Å². The molecule has 7 heteroatoms. The van der Waals surface area contributed by atoms with Gasteiger partial charge in [-0.1, -0.05) is 60.7 Å². The molecule has 162 valence electrons. The van der Waals surface area contributed by atoms with E-state index in [2.05, 4.69) is 56.2 Å². The van der Waals surface area contributed by atoms with Gasteiger partial charge < -0.3 is 16.0 Å². The van der Waals surface area contributed by atoms with E-state index < -0.39 is 0 Å². The summed E-state index contributed by atoms with van der Waals surface area (Å²) in [6, 6.07) is 20.9. The first-order valence-electron chi connectivity index (χ1n) is 10.3. The van der Waals surface area contributed by atoms with E-state index in [0.717, 1.165) is 38.0 Å². The SMILES string of the molecule is CN=C(NCC(=O)NCc1ccccc1)NC1CCN(Cc2ccccc2)CC1.I. The maximum absolute atomic E-state index is 12.1. The number of carbonyl (C=O) groups is 1. The molecule has 0 aliphatic carbocycles. The highest BCUT2D eigenvalue weighted by atomic mass is 127. The summed E-state index contributed by atoms with van der Waals surface area (Å²) >= 11 is 0. The first-order chi connectivity index (χ1) is 14.2. The molecule has 0 atom stereocenters. The molecule has 0 bridgehead atoms. The third-order valence-electron chi connectivity index (χ3n) is 5.15. The summed E-state index contributed by atoms with van der Waals surface area (Å²) in [5.41, 5.74) is 2.45. The van der Waals surface area contributed by atoms with Gasteiger partial charge >= 0.3 is 0 Å². The number of piperidine rings is 1. The Labute approximate surface area is 196 Å². The Kier molecular flexibility index (Phi) is 10.6. The van der Waals surface area contributed by atoms with E-state index in [9.17, 15) is 4.79 Å². The number of nitrogens with zero attached hydrogens (tertiary/aromatic N) is 2. The molecule has 2 aromatic rings. The van der Waals surface area contributed by atoms with Crippen LogP contribution in [-0.4, -0.2) is 49.5 Å². The van der Waals surface area contributed by atoms with Crippen LogP contribution >= 0.6 is 24.0 Å². The van der Waals surface area contributed by atoms with Gasteiger partial charge in [-0.15, -0.1) is 24.0 Å². The number of aliphatic imine (C=N–C) groups is 1. The van der Waals surface area contributed by atoms with Crippen molar-refractivity contribution in [2.45, 2.75) is 32.0 Å². The second-order valence-corrected chi connectivity index (χ2v) is 7.37. The molecule has 0 aromatic heterocycles. The Morgan fingerprint density at radius 1 is 0.967 bits per heavy atom. The van der Waals surface area contributed by atoms with Gasteiger partial charge in [-0.05, 0) is 24.0 Å². The summed E-state index contributed by atoms with van der Waals surface area (Å²) in [5, 5.41) is 9.49. The van der Waals surface area contributed by atoms with Gasteiger partial charge in [0.2, 0.25) is 5.91 Å². The molecule has 0 unspecified atom stereocenters. The molecule has 3 rings (SSSR count). The Morgan fingerprint density at radius 2 is 1.57 bits per heavy atom. The van der Waals surface area contributed by atoms with Gasteiger partial charge in [0.15, 0.2) is 5.96 Å². The maximum Gasteiger partial charge on any atom is 0.239 e. The summed E-state index contributed by atoms with van der Waals surface area (Å²) in [4.78, 5) is 18.8. The first-order valence-corrected chi connectivity index (χ1v) is 10.3. The highest BCUT2D eigenvalue weighted by Gasteiger charge is 2.20. The van der Waals surface area contributed by atoms with E-state index >= 15 is 0 Å². The maximum atomic E-state index is 12.1. The van der Waals surface area contributed by atoms with Gasteiger partial charge in [0.1, 0.15) is 0 Å². The fourth-order valence-corrected chi connectivity index (χ4v) is 3.49. The lowest BCUT2D eigenvalue weighted by atomic mass is 10.0. The van der Waals surface area contributed by atoms with Crippen molar-refractivity contribution in [3.8, 4) is 0 Å². The topological polar surface area (TPSA) is 68.8 Å². The molecule has 6 nitrogen and oxygen atoms in total. The predicted molar refractivity (Wildman–Crippen MR) is 133 cm³/mol. The van der Waals surface area contributed by atoms with Crippen molar-refractivity contribution >= 4 is 35.8 Å². The van der Waals surface area contributed by atoms with Crippen molar-refractivity contribution in [2.75, 3.05) is 26.7 Å². The molecular weight excluding hydrogens is 489 g/mol. The van der Waals surface area contributed by atoms with Gasteiger partial charge in [0, 0.05) is 39.3 Å². The van der Waals surface area contributed by atoms with E-state index in [-0.39, 0.29) is 36.4 Å². The molecule has 1 aliphatic rings. The van der Waals surface area contributed by atoms with Crippen LogP contribution in [0.1, 0.15) is 24.0 Å². The fraction of sp³-hybridized carbons (Fsp3) is 0.391. The van der Waals surface area contributed by atoms with Crippen molar-refractivity contribution < 1.29 is 4.79 Å². The third kappa shape index (κ3) is 8.31. The molecule has 2 aromatic carbocycles. The van der Waals surface area contributed by atoms with Crippen LogP contribution in [0.3, 0.4) is 0 Å². The summed E-state index contributed by atoms with van der Waals surface area (Å²) in [6.45, 7) is 3.86. The smallest absolute Gasteiger partial charge is 0.239 e. The van der Waals surface area contributed by atoms with Crippen LogP contribution in [0.15, 0.2) is 65.7 Å². The number of benzene rings is 2. The lowest BCUT2D eigenvalue weighted by molar-refractivity contribution is -0.120. The number of hydrogen-bond acceptors (Lipinski definition) is 3. The number of carbonyl (C=O) groups excluding carboxylic acids is 1. The second-order valence-electron chi connectivity index (χ2n) is 7.37. The van der Waals surface area contributed by atoms with E-state index in [0.29, 0.717) is 18.5 Å². The van der Waals surface area contributed by atoms with Gasteiger partial charge in [-0.25, -0.2) is 0 Å². The zero-order valence-corrected chi connectivity index (χ0v) is 19.8. The molecule has 0 saturated carbocycles. The quantitative estimate of drug-likeness (QED) is 0.298. The van der Waals surface area contributed by atoms with E-state index in [1.165, 1.54) is 5.56 Å². The number of halogens is 1. The monoisotopic (exact) mass is 521 g/mol. The minimum absolute atomic E-state index is 0. The van der Waals surface area contributed by atoms with Crippen molar-refractivity contribution in [2.24, 2.45) is 4.99 Å². The van der Waals surface area contributed by atoms with Gasteiger partial charge in [-0.3, -0.25) is 14.7 Å². The molecule has 1 amide bonds. The Bertz CT molecular complexity index is 777. The molecule has 1 heterocycles. The van der Waals surface area contributed by atoms with Crippen LogP contribution in [0, 0.1) is 0 Å². The van der Waals surface area contributed by atoms with Crippen molar-refractivity contribution in [3.05, 3.63) is 71.8 Å². The van der Waals surface area contributed by atoms with Crippen LogP contribution in [0.5, 0.6) is 0 Å². The van der Waals surface area contributed by atoms with Crippen molar-refractivity contribution in [1.29, 1.82) is 0 Å². The van der Waals surface area contributed by atoms with Crippen LogP contribution in [0.25, 0.3) is 0 Å². The normalized spacial score (nSPS) is 15.2. The first kappa shape index (κ1) is 24.1. The van der Waals surface area contributed by atoms with E-state index in [4.69, 9.17) is 0 Å². The Morgan fingerprint density at radius 3 is 2.17 bits per heavy atom. The number of guanidine groups is 1. The summed E-state index contributed by atoms with van der Waals surface area (Å²) in [6.07, 6.45) is 2.13. The average molecular weight is 521 g/mol. The summed E-state index contributed by atoms with van der Waals surface area (Å²) in [7, 11) is 1.74. The Hall–Kier alpha value is -2.13. The van der Waals surface area contributed by atoms with Crippen LogP contribution in [-0.2, 0) is 17.9 Å². The van der Waals surface area contributed by atoms with Gasteiger partial charge in [0.25, 0.3) is 0 Å². The number of amides is 1. The lowest BCUT2D eigenvalue weighted by Gasteiger charge is -2.33. The van der Waals surface area contributed by atoms with Gasteiger partial charge in [-0.2, -0.15) is 0 Å². The molecule has 1 fully saturated rings. The fourth-order valence-electron chi connectivity index (χ4n) is 3.49. The molecule has 0 spiro atoms. The summed E-state index contributed by atoms with van der Waals surface area (Å²) in [5.74, 6) is 0.635. The third-order valence-corrected chi connectivity index (χ3v) is 5.15. The molecule has 0 radical (unpaired) electrons. The minimum Gasteiger partial charge on any atom is -0.354 e. The number of hydrogen-bond donors (Lipinski definition) is 3. The minimum atomic E-state index is -0.0468. The number of nitrogens with one attached hydrogen (secondary N) is 3. The summed E-state index contributed by atoms with van der Waals surface area (Å²) < 4.78 is 0. The standard InChI is InChI=1S/C23H31N5O.HI/c1-24-23(26-17-22(29)25-16-19-8-4-2-5-9-19)27-21-12-14-28(15-13-21)18-20-10-6-3-7-11-20;/h2-11,21H,12-18H2,1H3,(H,25,29)(H2,24,26,27);1H. The molecule has 30 heavy (non-hydrogen) atoms. The zero-order valence-electron chi connectivity index (χ0n) is 17.5. The highest BCUT2D eigenvalue weighted by Crippen LogP contribution is 2.13. The lowest BCUT2D eigenvalue weighted by Crippen LogP contribution is -2.50. The second kappa shape index (κ2) is 13.2. The highest BCUT2D eigenvalue weighted by molar-refractivity contribution is 14.0. The number of likely N-dealkylation sites (tertiary alicyclic amines) is 1. The number of rotatable bonds is 7. The molecule has 3 N–H and O–H groups in total. The largest absolute Gasteiger partial charge is 0.354 e. The zero-order chi connectivity index (χ0) is 20.3. The van der Waals surface area contributed by atoms with Crippen LogP contribution in [0.2, 0.25) is 0 Å². The van der Waals surface area contributed by atoms with Gasteiger partial charge in [0.05, 0.1) is 6.54 Å².